The molecule has 0 saturated heterocycles. The van der Waals surface area contributed by atoms with Crippen molar-refractivity contribution in [3.8, 4) is 0 Å². The van der Waals surface area contributed by atoms with Gasteiger partial charge < -0.3 is 5.41 Å². The van der Waals surface area contributed by atoms with E-state index >= 15 is 0 Å². The van der Waals surface area contributed by atoms with Crippen LogP contribution in [0.4, 0.5) is 0 Å². The topological polar surface area (TPSA) is 44.2 Å². The van der Waals surface area contributed by atoms with Crippen molar-refractivity contribution in [2.45, 2.75) is 6.92 Å². The van der Waals surface area contributed by atoms with Crippen molar-refractivity contribution >= 4 is 12.1 Å². The number of hydrogen-bond donors (Lipinski definition) is 1. The Kier molecular flexibility index (Phi) is 3.88. The Labute approximate surface area is 66.5 Å². The zero-order valence-corrected chi connectivity index (χ0v) is 6.58. The summed E-state index contributed by atoms with van der Waals surface area (Å²) in [6.45, 7) is 8.50. The molecule has 3 heteroatoms. The molecule has 0 radical (unpaired) electrons. The van der Waals surface area contributed by atoms with Gasteiger partial charge in [0.2, 0.25) is 5.91 Å². The molecule has 0 aromatic carbocycles. The predicted octanol–water partition coefficient (Wildman–Crippen LogP) is 1.39. The Balaban J connectivity index is 4.30. The van der Waals surface area contributed by atoms with Crippen LogP contribution in [0.1, 0.15) is 6.92 Å². The smallest absolute Gasteiger partial charge is 0.238 e. The predicted molar refractivity (Wildman–Crippen MR) is 45.2 cm³/mol. The molecule has 0 aliphatic carbocycles. The molecular weight excluding hydrogens is 140 g/mol. The Morgan fingerprint density at radius 3 is 2.27 bits per heavy atom. The molecule has 60 valence electrons. The van der Waals surface area contributed by atoms with Gasteiger partial charge in [0.15, 0.2) is 0 Å². The van der Waals surface area contributed by atoms with Crippen LogP contribution in [0.15, 0.2) is 25.6 Å². The Bertz CT molecular complexity index is 179. The van der Waals surface area contributed by atoms with Gasteiger partial charge in [0.1, 0.15) is 0 Å². The fourth-order valence-electron chi connectivity index (χ4n) is 0.561. The molecule has 3 nitrogen and oxygen atoms in total. The quantitative estimate of drug-likeness (QED) is 0.608. The van der Waals surface area contributed by atoms with Crippen LogP contribution in [0.3, 0.4) is 0 Å². The summed E-state index contributed by atoms with van der Waals surface area (Å²) in [6, 6.07) is 0. The van der Waals surface area contributed by atoms with Gasteiger partial charge in [-0.3, -0.25) is 9.69 Å². The normalized spacial score (nSPS) is 11.4. The first-order valence-electron chi connectivity index (χ1n) is 3.25. The van der Waals surface area contributed by atoms with E-state index in [-0.39, 0.29) is 5.91 Å². The number of hydrogen-bond acceptors (Lipinski definition) is 2. The Morgan fingerprint density at radius 1 is 1.55 bits per heavy atom. The molecule has 0 spiro atoms. The second-order valence-corrected chi connectivity index (χ2v) is 2.07. The van der Waals surface area contributed by atoms with Crippen molar-refractivity contribution in [3.05, 3.63) is 25.6 Å². The van der Waals surface area contributed by atoms with Gasteiger partial charge >= 0.3 is 0 Å². The Morgan fingerprint density at radius 2 is 2.00 bits per heavy atom. The second kappa shape index (κ2) is 4.44. The number of carbonyl (C=O) groups excluding carboxylic acids is 1. The lowest BCUT2D eigenvalue weighted by atomic mass is 10.2. The third kappa shape index (κ3) is 2.37. The van der Waals surface area contributed by atoms with Crippen molar-refractivity contribution in [2.24, 2.45) is 5.92 Å². The van der Waals surface area contributed by atoms with Crippen molar-refractivity contribution in [2.75, 3.05) is 0 Å². The number of amides is 1. The van der Waals surface area contributed by atoms with Crippen LogP contribution in [0.25, 0.3) is 0 Å². The van der Waals surface area contributed by atoms with E-state index in [9.17, 15) is 4.79 Å². The highest BCUT2D eigenvalue weighted by molar-refractivity contribution is 5.93. The van der Waals surface area contributed by atoms with Gasteiger partial charge in [-0.1, -0.05) is 13.2 Å². The molecule has 0 bridgehead atoms. The largest absolute Gasteiger partial charge is 0.312 e. The molecular formula is C8H12N2O. The SMILES string of the molecule is C=CN(C=C)C(=O)C(C)C=N. The van der Waals surface area contributed by atoms with Crippen LogP contribution >= 0.6 is 0 Å². The molecule has 1 amide bonds. The van der Waals surface area contributed by atoms with Crippen molar-refractivity contribution in [3.63, 3.8) is 0 Å². The first-order chi connectivity index (χ1) is 5.17. The van der Waals surface area contributed by atoms with E-state index in [1.54, 1.807) is 6.92 Å². The monoisotopic (exact) mass is 152 g/mol. The summed E-state index contributed by atoms with van der Waals surface area (Å²) in [5, 5.41) is 6.84. The standard InChI is InChI=1S/C8H12N2O/c1-4-10(5-2)8(11)7(3)6-9/h4-7,9H,1-2H2,3H3. The molecule has 1 atom stereocenters. The molecule has 0 saturated carbocycles. The van der Waals surface area contributed by atoms with Crippen LogP contribution < -0.4 is 0 Å². The first kappa shape index (κ1) is 9.62. The van der Waals surface area contributed by atoms with Gasteiger partial charge in [-0.05, 0) is 6.92 Å². The second-order valence-electron chi connectivity index (χ2n) is 2.07. The lowest BCUT2D eigenvalue weighted by Crippen LogP contribution is -2.26. The first-order valence-corrected chi connectivity index (χ1v) is 3.25. The highest BCUT2D eigenvalue weighted by atomic mass is 16.2. The molecule has 0 heterocycles. The van der Waals surface area contributed by atoms with Gasteiger partial charge in [-0.25, -0.2) is 0 Å². The number of carbonyl (C=O) groups is 1. The maximum Gasteiger partial charge on any atom is 0.238 e. The fourth-order valence-corrected chi connectivity index (χ4v) is 0.561. The third-order valence-corrected chi connectivity index (χ3v) is 1.29. The van der Waals surface area contributed by atoms with Crippen molar-refractivity contribution in [1.82, 2.24) is 4.90 Å². The molecule has 0 aliphatic rings. The van der Waals surface area contributed by atoms with Gasteiger partial charge in [0.05, 0.1) is 5.92 Å². The molecule has 0 fully saturated rings. The van der Waals surface area contributed by atoms with Gasteiger partial charge in [-0.2, -0.15) is 0 Å². The molecule has 0 aliphatic heterocycles. The van der Waals surface area contributed by atoms with E-state index in [1.165, 1.54) is 17.3 Å². The van der Waals surface area contributed by atoms with Crippen molar-refractivity contribution in [1.29, 1.82) is 5.41 Å². The maximum absolute atomic E-state index is 11.2. The zero-order valence-electron chi connectivity index (χ0n) is 6.58. The minimum atomic E-state index is -0.411. The van der Waals surface area contributed by atoms with E-state index in [2.05, 4.69) is 13.2 Å². The maximum atomic E-state index is 11.2. The lowest BCUT2D eigenvalue weighted by molar-refractivity contribution is -0.128. The molecule has 0 aromatic heterocycles. The highest BCUT2D eigenvalue weighted by Crippen LogP contribution is 1.99. The van der Waals surface area contributed by atoms with Crippen molar-refractivity contribution < 1.29 is 4.79 Å². The zero-order chi connectivity index (χ0) is 8.85. The summed E-state index contributed by atoms with van der Waals surface area (Å²) in [6.07, 6.45) is 3.83. The van der Waals surface area contributed by atoms with Crippen LogP contribution in [0.2, 0.25) is 0 Å². The van der Waals surface area contributed by atoms with Crippen LogP contribution in [-0.2, 0) is 4.79 Å². The average molecular weight is 152 g/mol. The van der Waals surface area contributed by atoms with E-state index < -0.39 is 5.92 Å². The van der Waals surface area contributed by atoms with Gasteiger partial charge in [0.25, 0.3) is 0 Å². The van der Waals surface area contributed by atoms with Crippen LogP contribution in [0, 0.1) is 11.3 Å². The molecule has 0 rings (SSSR count). The van der Waals surface area contributed by atoms with Crippen LogP contribution in [0.5, 0.6) is 0 Å². The number of rotatable bonds is 4. The van der Waals surface area contributed by atoms with E-state index in [0.717, 1.165) is 6.21 Å². The molecule has 1 unspecified atom stereocenters. The van der Waals surface area contributed by atoms with Gasteiger partial charge in [-0.15, -0.1) is 0 Å². The lowest BCUT2D eigenvalue weighted by Gasteiger charge is -2.14. The summed E-state index contributed by atoms with van der Waals surface area (Å²) in [5.74, 6) is -0.601. The van der Waals surface area contributed by atoms with E-state index in [4.69, 9.17) is 5.41 Å². The average Bonchev–Trinajstić information content (AvgIpc) is 2.05. The molecule has 0 aromatic rings. The van der Waals surface area contributed by atoms with E-state index in [1.807, 2.05) is 0 Å². The van der Waals surface area contributed by atoms with Crippen LogP contribution in [-0.4, -0.2) is 17.0 Å². The molecule has 11 heavy (non-hydrogen) atoms. The number of nitrogens with zero attached hydrogens (tertiary/aromatic N) is 1. The summed E-state index contributed by atoms with van der Waals surface area (Å²) in [4.78, 5) is 12.4. The summed E-state index contributed by atoms with van der Waals surface area (Å²) in [7, 11) is 0. The third-order valence-electron chi connectivity index (χ3n) is 1.29. The highest BCUT2D eigenvalue weighted by Gasteiger charge is 2.13. The Hall–Kier alpha value is -1.38. The minimum absolute atomic E-state index is 0.190. The molecule has 1 N–H and O–H groups in total. The summed E-state index contributed by atoms with van der Waals surface area (Å²) in [5.41, 5.74) is 0. The number of nitrogens with one attached hydrogen (secondary N) is 1. The fraction of sp³-hybridized carbons (Fsp3) is 0.250. The summed E-state index contributed by atoms with van der Waals surface area (Å²) >= 11 is 0. The summed E-state index contributed by atoms with van der Waals surface area (Å²) < 4.78 is 0. The van der Waals surface area contributed by atoms with Gasteiger partial charge in [0, 0.05) is 18.6 Å². The minimum Gasteiger partial charge on any atom is -0.312 e. The van der Waals surface area contributed by atoms with E-state index in [0.29, 0.717) is 0 Å².